The fourth-order valence-corrected chi connectivity index (χ4v) is 2.91. The van der Waals surface area contributed by atoms with Crippen molar-refractivity contribution in [2.75, 3.05) is 6.61 Å². The summed E-state index contributed by atoms with van der Waals surface area (Å²) in [4.78, 5) is 18.5. The lowest BCUT2D eigenvalue weighted by atomic mass is 10.1. The summed E-state index contributed by atoms with van der Waals surface area (Å²) in [5, 5.41) is 19.7. The third kappa shape index (κ3) is 3.67. The molecule has 1 aromatic carbocycles. The lowest BCUT2D eigenvalue weighted by Gasteiger charge is -2.22. The molecule has 2 aromatic heterocycles. The Morgan fingerprint density at radius 1 is 1.36 bits per heavy atom. The van der Waals surface area contributed by atoms with Gasteiger partial charge in [0.05, 0.1) is 30.5 Å². The number of nitrogens with zero attached hydrogens (tertiary/aromatic N) is 5. The number of hydrogen-bond donors (Lipinski definition) is 0. The maximum atomic E-state index is 10.8. The Bertz CT molecular complexity index is 1050. The highest BCUT2D eigenvalue weighted by atomic mass is 16.6. The minimum absolute atomic E-state index is 0.235. The van der Waals surface area contributed by atoms with E-state index in [0.717, 1.165) is 16.8 Å². The van der Waals surface area contributed by atoms with Crippen molar-refractivity contribution in [1.29, 1.82) is 5.26 Å². The summed E-state index contributed by atoms with van der Waals surface area (Å²) in [5.41, 5.74) is 3.24. The van der Waals surface area contributed by atoms with Crippen LogP contribution in [0.15, 0.2) is 48.8 Å². The molecule has 4 rings (SSSR count). The summed E-state index contributed by atoms with van der Waals surface area (Å²) in [6.07, 6.45) is 2.81. The zero-order valence-corrected chi connectivity index (χ0v) is 14.7. The summed E-state index contributed by atoms with van der Waals surface area (Å²) < 4.78 is 12.9. The minimum Gasteiger partial charge on any atom is -0.443 e. The highest BCUT2D eigenvalue weighted by Crippen LogP contribution is 2.23. The smallest absolute Gasteiger partial charge is 0.414 e. The lowest BCUT2D eigenvalue weighted by molar-refractivity contribution is -0.389. The molecule has 3 heterocycles. The lowest BCUT2D eigenvalue weighted by Crippen LogP contribution is -2.32. The van der Waals surface area contributed by atoms with E-state index < -0.39 is 4.92 Å². The number of ether oxygens (including phenoxy) is 2. The molecular weight excluding hydrogens is 362 g/mol. The molecular formula is C19H15N5O4. The van der Waals surface area contributed by atoms with E-state index >= 15 is 0 Å². The van der Waals surface area contributed by atoms with Crippen LogP contribution in [-0.2, 0) is 17.9 Å². The molecule has 1 aliphatic heterocycles. The molecule has 0 spiro atoms. The van der Waals surface area contributed by atoms with Gasteiger partial charge >= 0.3 is 11.8 Å². The Morgan fingerprint density at radius 3 is 2.93 bits per heavy atom. The number of aromatic nitrogens is 3. The predicted octanol–water partition coefficient (Wildman–Crippen LogP) is 2.70. The van der Waals surface area contributed by atoms with Gasteiger partial charge in [0.2, 0.25) is 0 Å². The standard InChI is InChI=1S/C19H15N5O4/c20-8-13-1-3-15(4-2-13)17-7-14(5-6-21-17)11-27-16-9-23-10-18(24(25)26)22-19(23)28-12-16/h1-7,10,16H,9,11-12H2/t16-/m0/s1. The second kappa shape index (κ2) is 7.46. The number of nitriles is 1. The summed E-state index contributed by atoms with van der Waals surface area (Å²) >= 11 is 0. The van der Waals surface area contributed by atoms with Crippen LogP contribution in [0.5, 0.6) is 6.01 Å². The summed E-state index contributed by atoms with van der Waals surface area (Å²) in [6.45, 7) is 1.07. The van der Waals surface area contributed by atoms with Crippen LogP contribution in [0.25, 0.3) is 11.3 Å². The maximum Gasteiger partial charge on any atom is 0.414 e. The number of fused-ring (bicyclic) bond motifs is 1. The molecule has 0 fully saturated rings. The van der Waals surface area contributed by atoms with Gasteiger partial charge in [0.25, 0.3) is 0 Å². The molecule has 9 heteroatoms. The van der Waals surface area contributed by atoms with Crippen molar-refractivity contribution >= 4 is 5.82 Å². The Labute approximate surface area is 159 Å². The molecule has 3 aromatic rings. The number of pyridine rings is 1. The molecule has 0 bridgehead atoms. The monoisotopic (exact) mass is 377 g/mol. The summed E-state index contributed by atoms with van der Waals surface area (Å²) in [7, 11) is 0. The third-order valence-electron chi connectivity index (χ3n) is 4.33. The van der Waals surface area contributed by atoms with Crippen LogP contribution in [0.4, 0.5) is 5.82 Å². The van der Waals surface area contributed by atoms with Crippen LogP contribution in [0.3, 0.4) is 0 Å². The van der Waals surface area contributed by atoms with Gasteiger partial charge in [0.15, 0.2) is 0 Å². The van der Waals surface area contributed by atoms with Crippen molar-refractivity contribution in [2.24, 2.45) is 0 Å². The van der Waals surface area contributed by atoms with Crippen molar-refractivity contribution in [1.82, 2.24) is 14.5 Å². The molecule has 1 aliphatic rings. The fourth-order valence-electron chi connectivity index (χ4n) is 2.91. The van der Waals surface area contributed by atoms with Crippen LogP contribution in [0.1, 0.15) is 11.1 Å². The molecule has 0 saturated heterocycles. The van der Waals surface area contributed by atoms with E-state index in [-0.39, 0.29) is 24.5 Å². The zero-order chi connectivity index (χ0) is 19.5. The van der Waals surface area contributed by atoms with E-state index in [0.29, 0.717) is 18.7 Å². The van der Waals surface area contributed by atoms with Gasteiger partial charge in [-0.2, -0.15) is 5.26 Å². The second-order valence-electron chi connectivity index (χ2n) is 6.27. The van der Waals surface area contributed by atoms with E-state index in [4.69, 9.17) is 14.7 Å². The number of rotatable bonds is 5. The first kappa shape index (κ1) is 17.6. The average molecular weight is 377 g/mol. The van der Waals surface area contributed by atoms with Crippen LogP contribution >= 0.6 is 0 Å². The van der Waals surface area contributed by atoms with E-state index in [1.165, 1.54) is 6.20 Å². The summed E-state index contributed by atoms with van der Waals surface area (Å²) in [5.74, 6) is -0.239. The van der Waals surface area contributed by atoms with Gasteiger partial charge in [-0.25, -0.2) is 0 Å². The molecule has 0 unspecified atom stereocenters. The first-order valence-electron chi connectivity index (χ1n) is 8.54. The van der Waals surface area contributed by atoms with Crippen LogP contribution in [0.2, 0.25) is 0 Å². The number of imidazole rings is 1. The van der Waals surface area contributed by atoms with E-state index in [9.17, 15) is 10.1 Å². The van der Waals surface area contributed by atoms with E-state index in [1.807, 2.05) is 24.3 Å². The maximum absolute atomic E-state index is 10.8. The third-order valence-corrected chi connectivity index (χ3v) is 4.33. The zero-order valence-electron chi connectivity index (χ0n) is 14.7. The number of hydrogen-bond acceptors (Lipinski definition) is 7. The Kier molecular flexibility index (Phi) is 4.70. The highest BCUT2D eigenvalue weighted by molar-refractivity contribution is 5.60. The quantitative estimate of drug-likeness (QED) is 0.496. The van der Waals surface area contributed by atoms with Crippen molar-refractivity contribution in [3.63, 3.8) is 0 Å². The normalized spacial score (nSPS) is 15.3. The molecule has 9 nitrogen and oxygen atoms in total. The molecule has 0 N–H and O–H groups in total. The summed E-state index contributed by atoms with van der Waals surface area (Å²) in [6, 6.07) is 13.3. The fraction of sp³-hybridized carbons (Fsp3) is 0.211. The van der Waals surface area contributed by atoms with Crippen molar-refractivity contribution < 1.29 is 14.4 Å². The Morgan fingerprint density at radius 2 is 2.18 bits per heavy atom. The molecule has 0 amide bonds. The van der Waals surface area contributed by atoms with Crippen LogP contribution in [-0.4, -0.2) is 32.2 Å². The van der Waals surface area contributed by atoms with E-state index in [2.05, 4.69) is 16.0 Å². The van der Waals surface area contributed by atoms with Crippen molar-refractivity contribution in [3.8, 4) is 23.3 Å². The Balaban J connectivity index is 1.41. The van der Waals surface area contributed by atoms with Gasteiger partial charge in [-0.1, -0.05) is 12.1 Å². The second-order valence-corrected chi connectivity index (χ2v) is 6.27. The van der Waals surface area contributed by atoms with Crippen LogP contribution < -0.4 is 4.74 Å². The van der Waals surface area contributed by atoms with Crippen LogP contribution in [0, 0.1) is 21.4 Å². The van der Waals surface area contributed by atoms with Gasteiger partial charge in [0, 0.05) is 16.7 Å². The molecule has 28 heavy (non-hydrogen) atoms. The first-order chi connectivity index (χ1) is 13.6. The molecule has 1 atom stereocenters. The van der Waals surface area contributed by atoms with Gasteiger partial charge in [-0.3, -0.25) is 9.55 Å². The molecule has 140 valence electrons. The first-order valence-corrected chi connectivity index (χ1v) is 8.54. The SMILES string of the molecule is N#Cc1ccc(-c2cc(CO[C@@H]3COc4nc([N+](=O)[O-])cn4C3)ccn2)cc1. The minimum atomic E-state index is -0.549. The average Bonchev–Trinajstić information content (AvgIpc) is 3.16. The van der Waals surface area contributed by atoms with Gasteiger partial charge in [0.1, 0.15) is 18.9 Å². The molecule has 0 aliphatic carbocycles. The van der Waals surface area contributed by atoms with Gasteiger partial charge < -0.3 is 19.6 Å². The topological polar surface area (TPSA) is 116 Å². The van der Waals surface area contributed by atoms with E-state index in [1.54, 1.807) is 22.9 Å². The van der Waals surface area contributed by atoms with Gasteiger partial charge in [-0.15, -0.1) is 0 Å². The van der Waals surface area contributed by atoms with Gasteiger partial charge in [-0.05, 0) is 34.8 Å². The highest BCUT2D eigenvalue weighted by Gasteiger charge is 2.28. The Hall–Kier alpha value is -3.77. The number of nitro groups is 1. The molecule has 0 saturated carbocycles. The van der Waals surface area contributed by atoms with Crippen molar-refractivity contribution in [2.45, 2.75) is 19.3 Å². The molecule has 0 radical (unpaired) electrons. The largest absolute Gasteiger partial charge is 0.443 e. The van der Waals surface area contributed by atoms with Crippen molar-refractivity contribution in [3.05, 3.63) is 70.0 Å². The number of benzene rings is 1. The predicted molar refractivity (Wildman–Crippen MR) is 97.3 cm³/mol.